The molecule has 2 nitrogen and oxygen atoms in total. The zero-order valence-corrected chi connectivity index (χ0v) is 16.0. The quantitative estimate of drug-likeness (QED) is 0.690. The first-order valence-corrected chi connectivity index (χ1v) is 10.6. The second-order valence-corrected chi connectivity index (χ2v) is 8.18. The number of hydrogen-bond donors (Lipinski definition) is 1. The van der Waals surface area contributed by atoms with Crippen molar-refractivity contribution in [1.82, 2.24) is 0 Å². The number of carbonyl (C=O) groups is 1. The lowest BCUT2D eigenvalue weighted by Gasteiger charge is -2.36. The third kappa shape index (κ3) is 4.27. The molecule has 0 saturated heterocycles. The van der Waals surface area contributed by atoms with E-state index < -0.39 is 0 Å². The highest BCUT2D eigenvalue weighted by Crippen LogP contribution is 2.49. The number of carbonyl (C=O) groups excluding carboxylic acids is 1. The van der Waals surface area contributed by atoms with Crippen LogP contribution in [0.3, 0.4) is 0 Å². The molecule has 1 spiro atoms. The average molecular weight is 342 g/mol. The largest absolute Gasteiger partial charge is 0.381 e. The van der Waals surface area contributed by atoms with Crippen molar-refractivity contribution in [3.05, 3.63) is 29.8 Å². The molecule has 1 atom stereocenters. The number of anilines is 1. The Morgan fingerprint density at radius 1 is 0.960 bits per heavy atom. The molecule has 0 unspecified atom stereocenters. The van der Waals surface area contributed by atoms with E-state index in [-0.39, 0.29) is 5.41 Å². The van der Waals surface area contributed by atoms with Crippen LogP contribution in [0.1, 0.15) is 96.0 Å². The SMILES string of the molecule is CCC(=O)C[C@H]1Nc2ccccc2C12CCCCCCCCCCC2. The predicted octanol–water partition coefficient (Wildman–Crippen LogP) is 6.39. The van der Waals surface area contributed by atoms with E-state index in [9.17, 15) is 4.79 Å². The number of ketones is 1. The van der Waals surface area contributed by atoms with E-state index in [1.54, 1.807) is 0 Å². The summed E-state index contributed by atoms with van der Waals surface area (Å²) in [7, 11) is 0. The maximum Gasteiger partial charge on any atom is 0.134 e. The summed E-state index contributed by atoms with van der Waals surface area (Å²) in [5.41, 5.74) is 2.94. The molecule has 1 heterocycles. The van der Waals surface area contributed by atoms with Crippen LogP contribution < -0.4 is 5.32 Å². The van der Waals surface area contributed by atoms with Crippen molar-refractivity contribution >= 4 is 11.5 Å². The molecule has 0 amide bonds. The van der Waals surface area contributed by atoms with Gasteiger partial charge in [-0.15, -0.1) is 0 Å². The number of benzene rings is 1. The molecule has 0 radical (unpaired) electrons. The summed E-state index contributed by atoms with van der Waals surface area (Å²) in [5.74, 6) is 0.399. The lowest BCUT2D eigenvalue weighted by Crippen LogP contribution is -2.40. The predicted molar refractivity (Wildman–Crippen MR) is 106 cm³/mol. The number of rotatable bonds is 3. The van der Waals surface area contributed by atoms with Gasteiger partial charge in [0, 0.05) is 30.0 Å². The first kappa shape index (κ1) is 18.5. The summed E-state index contributed by atoms with van der Waals surface area (Å²) in [6.07, 6.45) is 16.1. The molecule has 1 N–H and O–H groups in total. The molecule has 2 heteroatoms. The Kier molecular flexibility index (Phi) is 6.56. The van der Waals surface area contributed by atoms with Crippen molar-refractivity contribution in [3.8, 4) is 0 Å². The molecular formula is C23H35NO. The molecule has 25 heavy (non-hydrogen) atoms. The molecule has 1 aromatic rings. The Morgan fingerprint density at radius 2 is 1.52 bits per heavy atom. The van der Waals surface area contributed by atoms with Crippen LogP contribution in [-0.2, 0) is 10.2 Å². The minimum absolute atomic E-state index is 0.167. The van der Waals surface area contributed by atoms with Gasteiger partial charge in [0.05, 0.1) is 0 Å². The minimum Gasteiger partial charge on any atom is -0.381 e. The van der Waals surface area contributed by atoms with Gasteiger partial charge in [0.1, 0.15) is 5.78 Å². The first-order chi connectivity index (χ1) is 12.3. The number of fused-ring (bicyclic) bond motifs is 2. The molecule has 1 aromatic carbocycles. The van der Waals surface area contributed by atoms with E-state index in [0.717, 1.165) is 0 Å². The second-order valence-electron chi connectivity index (χ2n) is 8.18. The molecule has 3 rings (SSSR count). The van der Waals surface area contributed by atoms with Crippen molar-refractivity contribution in [1.29, 1.82) is 0 Å². The van der Waals surface area contributed by atoms with Crippen LogP contribution in [0.25, 0.3) is 0 Å². The van der Waals surface area contributed by atoms with Crippen LogP contribution in [0.2, 0.25) is 0 Å². The van der Waals surface area contributed by atoms with Crippen molar-refractivity contribution in [2.45, 2.75) is 102 Å². The summed E-state index contributed by atoms with van der Waals surface area (Å²) in [4.78, 5) is 12.3. The Hall–Kier alpha value is -1.31. The molecule has 1 saturated carbocycles. The standard InChI is InChI=1S/C23H35NO/c1-2-19(25)18-22-23(20-14-10-11-15-21(20)24-22)16-12-8-6-4-3-5-7-9-13-17-23/h10-11,14-15,22,24H,2-9,12-13,16-18H2,1H3/t22-/m1/s1. The van der Waals surface area contributed by atoms with Crippen molar-refractivity contribution < 1.29 is 4.79 Å². The summed E-state index contributed by atoms with van der Waals surface area (Å²) in [6.45, 7) is 2.00. The third-order valence-electron chi connectivity index (χ3n) is 6.53. The highest BCUT2D eigenvalue weighted by Gasteiger charge is 2.46. The fourth-order valence-electron chi connectivity index (χ4n) is 5.04. The van der Waals surface area contributed by atoms with Crippen molar-refractivity contribution in [2.24, 2.45) is 0 Å². The van der Waals surface area contributed by atoms with Gasteiger partial charge in [0.15, 0.2) is 0 Å². The molecule has 1 aliphatic carbocycles. The molecule has 1 fully saturated rings. The molecule has 1 aliphatic heterocycles. The van der Waals surface area contributed by atoms with Gasteiger partial charge in [0.2, 0.25) is 0 Å². The van der Waals surface area contributed by atoms with Crippen LogP contribution in [-0.4, -0.2) is 11.8 Å². The second kappa shape index (κ2) is 8.87. The van der Waals surface area contributed by atoms with Crippen LogP contribution in [0.4, 0.5) is 5.69 Å². The topological polar surface area (TPSA) is 29.1 Å². The van der Waals surface area contributed by atoms with Gasteiger partial charge in [-0.2, -0.15) is 0 Å². The van der Waals surface area contributed by atoms with Gasteiger partial charge in [0.25, 0.3) is 0 Å². The zero-order chi connectivity index (χ0) is 17.5. The number of para-hydroxylation sites is 1. The Bertz CT molecular complexity index is 553. The summed E-state index contributed by atoms with van der Waals surface area (Å²) in [5, 5.41) is 3.75. The number of nitrogens with one attached hydrogen (secondary N) is 1. The smallest absolute Gasteiger partial charge is 0.134 e. The third-order valence-corrected chi connectivity index (χ3v) is 6.53. The van der Waals surface area contributed by atoms with Gasteiger partial charge in [-0.1, -0.05) is 82.9 Å². The van der Waals surface area contributed by atoms with Gasteiger partial charge in [-0.05, 0) is 24.5 Å². The summed E-state index contributed by atoms with van der Waals surface area (Å²) in [6, 6.07) is 9.13. The van der Waals surface area contributed by atoms with Gasteiger partial charge in [-0.3, -0.25) is 4.79 Å². The van der Waals surface area contributed by atoms with Crippen LogP contribution in [0.5, 0.6) is 0 Å². The normalized spacial score (nSPS) is 24.0. The Labute approximate surface area is 153 Å². The van der Waals surface area contributed by atoms with E-state index in [1.807, 2.05) is 6.92 Å². The maximum atomic E-state index is 12.3. The Balaban J connectivity index is 1.86. The average Bonchev–Trinajstić information content (AvgIpc) is 2.91. The lowest BCUT2D eigenvalue weighted by molar-refractivity contribution is -0.119. The van der Waals surface area contributed by atoms with Crippen LogP contribution >= 0.6 is 0 Å². The zero-order valence-electron chi connectivity index (χ0n) is 16.0. The van der Waals surface area contributed by atoms with E-state index in [4.69, 9.17) is 0 Å². The van der Waals surface area contributed by atoms with E-state index in [1.165, 1.54) is 81.9 Å². The molecule has 0 bridgehead atoms. The first-order valence-electron chi connectivity index (χ1n) is 10.6. The van der Waals surface area contributed by atoms with Crippen molar-refractivity contribution in [3.63, 3.8) is 0 Å². The molecular weight excluding hydrogens is 306 g/mol. The fraction of sp³-hybridized carbons (Fsp3) is 0.696. The van der Waals surface area contributed by atoms with Crippen LogP contribution in [0, 0.1) is 0 Å². The molecule has 138 valence electrons. The van der Waals surface area contributed by atoms with E-state index in [2.05, 4.69) is 29.6 Å². The number of hydrogen-bond acceptors (Lipinski definition) is 2. The lowest BCUT2D eigenvalue weighted by atomic mass is 9.68. The Morgan fingerprint density at radius 3 is 2.12 bits per heavy atom. The summed E-state index contributed by atoms with van der Waals surface area (Å²) < 4.78 is 0. The van der Waals surface area contributed by atoms with Crippen LogP contribution in [0.15, 0.2) is 24.3 Å². The minimum atomic E-state index is 0.167. The fourth-order valence-corrected chi connectivity index (χ4v) is 5.04. The van der Waals surface area contributed by atoms with Gasteiger partial charge < -0.3 is 5.32 Å². The van der Waals surface area contributed by atoms with E-state index in [0.29, 0.717) is 24.7 Å². The highest BCUT2D eigenvalue weighted by molar-refractivity contribution is 5.80. The van der Waals surface area contributed by atoms with Gasteiger partial charge in [-0.25, -0.2) is 0 Å². The van der Waals surface area contributed by atoms with E-state index >= 15 is 0 Å². The molecule has 0 aromatic heterocycles. The van der Waals surface area contributed by atoms with Gasteiger partial charge >= 0.3 is 0 Å². The number of Topliss-reactive ketones (excluding diaryl/α,β-unsaturated/α-hetero) is 1. The maximum absolute atomic E-state index is 12.3. The summed E-state index contributed by atoms with van der Waals surface area (Å²) >= 11 is 0. The highest BCUT2D eigenvalue weighted by atomic mass is 16.1. The van der Waals surface area contributed by atoms with Crippen molar-refractivity contribution in [2.75, 3.05) is 5.32 Å². The molecule has 2 aliphatic rings. The monoisotopic (exact) mass is 341 g/mol.